The first-order valence-corrected chi connectivity index (χ1v) is 10.3. The molecule has 1 heterocycles. The predicted octanol–water partition coefficient (Wildman–Crippen LogP) is 5.39. The quantitative estimate of drug-likeness (QED) is 0.354. The van der Waals surface area contributed by atoms with Crippen LogP contribution in [0.3, 0.4) is 0 Å². The SMILES string of the molecule is C=CCN(C(=O)[C@H](C)Oc1ccccc1-c1nnc(-c2ccccc2)o1)c1ccccc1. The van der Waals surface area contributed by atoms with Crippen molar-refractivity contribution in [2.24, 2.45) is 0 Å². The van der Waals surface area contributed by atoms with Crippen LogP contribution < -0.4 is 9.64 Å². The second kappa shape index (κ2) is 9.75. The van der Waals surface area contributed by atoms with Crippen molar-refractivity contribution < 1.29 is 13.9 Å². The fraction of sp³-hybridized carbons (Fsp3) is 0.115. The Balaban J connectivity index is 1.57. The maximum atomic E-state index is 13.2. The Morgan fingerprint density at radius 1 is 0.969 bits per heavy atom. The average Bonchev–Trinajstić information content (AvgIpc) is 3.34. The van der Waals surface area contributed by atoms with E-state index in [1.807, 2.05) is 78.9 Å². The third kappa shape index (κ3) is 4.59. The van der Waals surface area contributed by atoms with Crippen LogP contribution in [0.15, 0.2) is 102 Å². The van der Waals surface area contributed by atoms with Crippen LogP contribution >= 0.6 is 0 Å². The number of hydrogen-bond donors (Lipinski definition) is 0. The molecule has 0 radical (unpaired) electrons. The van der Waals surface area contributed by atoms with Crippen molar-refractivity contribution in [2.45, 2.75) is 13.0 Å². The van der Waals surface area contributed by atoms with E-state index in [0.717, 1.165) is 11.3 Å². The topological polar surface area (TPSA) is 68.5 Å². The smallest absolute Gasteiger partial charge is 0.268 e. The Morgan fingerprint density at radius 2 is 1.59 bits per heavy atom. The molecule has 0 N–H and O–H groups in total. The van der Waals surface area contributed by atoms with Crippen LogP contribution in [0.5, 0.6) is 5.75 Å². The molecule has 4 rings (SSSR count). The standard InChI is InChI=1S/C26H23N3O3/c1-3-18-29(21-14-8-5-9-15-21)26(30)19(2)31-23-17-11-10-16-22(23)25-28-27-24(32-25)20-12-6-4-7-13-20/h3-17,19H,1,18H2,2H3/t19-/m0/s1. The van der Waals surface area contributed by atoms with Crippen molar-refractivity contribution in [3.05, 3.63) is 97.6 Å². The molecule has 4 aromatic rings. The molecule has 0 bridgehead atoms. The van der Waals surface area contributed by atoms with Gasteiger partial charge in [0.2, 0.25) is 5.89 Å². The normalized spacial score (nSPS) is 11.5. The third-order valence-electron chi connectivity index (χ3n) is 4.86. The minimum atomic E-state index is -0.743. The molecule has 0 fully saturated rings. The number of hydrogen-bond acceptors (Lipinski definition) is 5. The molecule has 0 aliphatic heterocycles. The second-order valence-corrected chi connectivity index (χ2v) is 7.11. The fourth-order valence-electron chi connectivity index (χ4n) is 3.30. The number of benzene rings is 3. The van der Waals surface area contributed by atoms with E-state index in [-0.39, 0.29) is 5.91 Å². The summed E-state index contributed by atoms with van der Waals surface area (Å²) in [4.78, 5) is 14.8. The minimum absolute atomic E-state index is 0.179. The molecule has 0 aliphatic rings. The lowest BCUT2D eigenvalue weighted by molar-refractivity contribution is -0.124. The first-order chi connectivity index (χ1) is 15.7. The summed E-state index contributed by atoms with van der Waals surface area (Å²) in [5, 5.41) is 8.33. The monoisotopic (exact) mass is 425 g/mol. The molecule has 6 nitrogen and oxygen atoms in total. The van der Waals surface area contributed by atoms with Crippen LogP contribution in [-0.4, -0.2) is 28.8 Å². The maximum Gasteiger partial charge on any atom is 0.268 e. The molecule has 160 valence electrons. The number of para-hydroxylation sites is 2. The Bertz CT molecular complexity index is 1190. The summed E-state index contributed by atoms with van der Waals surface area (Å²) in [6, 6.07) is 26.3. The summed E-state index contributed by atoms with van der Waals surface area (Å²) in [6.07, 6.45) is 0.947. The highest BCUT2D eigenvalue weighted by Gasteiger charge is 2.24. The van der Waals surface area contributed by atoms with Crippen LogP contribution in [0, 0.1) is 0 Å². The van der Waals surface area contributed by atoms with Crippen molar-refractivity contribution in [1.29, 1.82) is 0 Å². The van der Waals surface area contributed by atoms with Gasteiger partial charge in [0.25, 0.3) is 11.8 Å². The minimum Gasteiger partial charge on any atom is -0.480 e. The van der Waals surface area contributed by atoms with Crippen LogP contribution in [-0.2, 0) is 4.79 Å². The zero-order valence-electron chi connectivity index (χ0n) is 17.7. The van der Waals surface area contributed by atoms with Crippen molar-refractivity contribution in [3.8, 4) is 28.7 Å². The molecule has 0 spiro atoms. The first kappa shape index (κ1) is 21.1. The second-order valence-electron chi connectivity index (χ2n) is 7.11. The number of carbonyl (C=O) groups excluding carboxylic acids is 1. The summed E-state index contributed by atoms with van der Waals surface area (Å²) >= 11 is 0. The number of rotatable bonds is 8. The fourth-order valence-corrected chi connectivity index (χ4v) is 3.30. The van der Waals surface area contributed by atoms with Gasteiger partial charge in [-0.3, -0.25) is 4.79 Å². The first-order valence-electron chi connectivity index (χ1n) is 10.3. The average molecular weight is 425 g/mol. The number of anilines is 1. The van der Waals surface area contributed by atoms with Gasteiger partial charge in [0, 0.05) is 17.8 Å². The van der Waals surface area contributed by atoms with E-state index in [9.17, 15) is 4.79 Å². The Labute approximate surface area is 186 Å². The zero-order valence-corrected chi connectivity index (χ0v) is 17.7. The molecular weight excluding hydrogens is 402 g/mol. The lowest BCUT2D eigenvalue weighted by Gasteiger charge is -2.25. The molecule has 0 unspecified atom stereocenters. The molecule has 0 saturated heterocycles. The van der Waals surface area contributed by atoms with Gasteiger partial charge in [-0.25, -0.2) is 0 Å². The van der Waals surface area contributed by atoms with Crippen LogP contribution in [0.2, 0.25) is 0 Å². The summed E-state index contributed by atoms with van der Waals surface area (Å²) < 4.78 is 12.0. The van der Waals surface area contributed by atoms with Crippen LogP contribution in [0.4, 0.5) is 5.69 Å². The summed E-state index contributed by atoms with van der Waals surface area (Å²) in [5.74, 6) is 1.05. The zero-order chi connectivity index (χ0) is 22.3. The van der Waals surface area contributed by atoms with Gasteiger partial charge in [-0.1, -0.05) is 54.6 Å². The lowest BCUT2D eigenvalue weighted by Crippen LogP contribution is -2.40. The molecule has 1 atom stereocenters. The van der Waals surface area contributed by atoms with E-state index in [1.54, 1.807) is 24.0 Å². The highest BCUT2D eigenvalue weighted by atomic mass is 16.5. The predicted molar refractivity (Wildman–Crippen MR) is 124 cm³/mol. The van der Waals surface area contributed by atoms with Crippen molar-refractivity contribution in [1.82, 2.24) is 10.2 Å². The number of nitrogens with zero attached hydrogens (tertiary/aromatic N) is 3. The van der Waals surface area contributed by atoms with Crippen molar-refractivity contribution in [2.75, 3.05) is 11.4 Å². The highest BCUT2D eigenvalue weighted by molar-refractivity contribution is 5.96. The molecule has 1 aromatic heterocycles. The van der Waals surface area contributed by atoms with E-state index in [4.69, 9.17) is 9.15 Å². The van der Waals surface area contributed by atoms with Gasteiger partial charge >= 0.3 is 0 Å². The van der Waals surface area contributed by atoms with Crippen molar-refractivity contribution in [3.63, 3.8) is 0 Å². The molecule has 3 aromatic carbocycles. The summed E-state index contributed by atoms with van der Waals surface area (Å²) in [7, 11) is 0. The van der Waals surface area contributed by atoms with E-state index in [2.05, 4.69) is 16.8 Å². The van der Waals surface area contributed by atoms with Gasteiger partial charge in [0.1, 0.15) is 5.75 Å². The summed E-state index contributed by atoms with van der Waals surface area (Å²) in [5.41, 5.74) is 2.23. The van der Waals surface area contributed by atoms with Crippen molar-refractivity contribution >= 4 is 11.6 Å². The Kier molecular flexibility index (Phi) is 6.41. The van der Waals surface area contributed by atoms with E-state index in [0.29, 0.717) is 29.6 Å². The lowest BCUT2D eigenvalue weighted by atomic mass is 10.2. The van der Waals surface area contributed by atoms with E-state index < -0.39 is 6.10 Å². The van der Waals surface area contributed by atoms with Gasteiger partial charge in [0.05, 0.1) is 5.56 Å². The number of aromatic nitrogens is 2. The van der Waals surface area contributed by atoms with Crippen LogP contribution in [0.1, 0.15) is 6.92 Å². The van der Waals surface area contributed by atoms with E-state index in [1.165, 1.54) is 0 Å². The van der Waals surface area contributed by atoms with Gasteiger partial charge in [-0.05, 0) is 43.3 Å². The van der Waals surface area contributed by atoms with Gasteiger partial charge in [-0.2, -0.15) is 0 Å². The maximum absolute atomic E-state index is 13.2. The molecule has 0 aliphatic carbocycles. The molecular formula is C26H23N3O3. The van der Waals surface area contributed by atoms with Gasteiger partial charge in [-0.15, -0.1) is 16.8 Å². The Morgan fingerprint density at radius 3 is 2.31 bits per heavy atom. The largest absolute Gasteiger partial charge is 0.480 e. The van der Waals surface area contributed by atoms with Gasteiger partial charge < -0.3 is 14.1 Å². The number of carbonyl (C=O) groups is 1. The third-order valence-corrected chi connectivity index (χ3v) is 4.86. The van der Waals surface area contributed by atoms with Crippen LogP contribution in [0.25, 0.3) is 22.9 Å². The summed E-state index contributed by atoms with van der Waals surface area (Å²) in [6.45, 7) is 5.87. The van der Waals surface area contributed by atoms with Gasteiger partial charge in [0.15, 0.2) is 6.10 Å². The molecule has 1 amide bonds. The molecule has 0 saturated carbocycles. The molecule has 32 heavy (non-hydrogen) atoms. The molecule has 6 heteroatoms. The highest BCUT2D eigenvalue weighted by Crippen LogP contribution is 2.32. The number of ether oxygens (including phenoxy) is 1. The number of amides is 1. The Hall–Kier alpha value is -4.19. The van der Waals surface area contributed by atoms with E-state index >= 15 is 0 Å².